The molecule has 3 rings (SSSR count). The van der Waals surface area contributed by atoms with Crippen molar-refractivity contribution in [3.05, 3.63) is 16.3 Å². The van der Waals surface area contributed by atoms with Gasteiger partial charge in [-0.05, 0) is 25.7 Å². The smallest absolute Gasteiger partial charge is 0.329 e. The van der Waals surface area contributed by atoms with E-state index in [4.69, 9.17) is 5.73 Å². The highest BCUT2D eigenvalue weighted by atomic mass is 16.6. The van der Waals surface area contributed by atoms with Gasteiger partial charge in [0.05, 0.1) is 4.92 Å². The van der Waals surface area contributed by atoms with E-state index in [-0.39, 0.29) is 29.4 Å². The lowest BCUT2D eigenvalue weighted by Gasteiger charge is -2.33. The molecule has 1 aliphatic carbocycles. The van der Waals surface area contributed by atoms with Crippen LogP contribution >= 0.6 is 0 Å². The number of carbonyl (C=O) groups excluding carboxylic acids is 1. The first-order valence-corrected chi connectivity index (χ1v) is 8.87. The number of aromatic nitrogens is 2. The average molecular weight is 348 g/mol. The van der Waals surface area contributed by atoms with Crippen LogP contribution in [-0.4, -0.2) is 39.9 Å². The van der Waals surface area contributed by atoms with Gasteiger partial charge in [0.25, 0.3) is 0 Å². The van der Waals surface area contributed by atoms with Gasteiger partial charge in [-0.25, -0.2) is 4.98 Å². The number of amides is 1. The Morgan fingerprint density at radius 2 is 1.92 bits per heavy atom. The minimum atomic E-state index is -0.591. The quantitative estimate of drug-likeness (QED) is 0.625. The number of piperidine rings is 1. The molecule has 9 heteroatoms. The summed E-state index contributed by atoms with van der Waals surface area (Å²) in [5.74, 6) is 0.640. The van der Waals surface area contributed by atoms with Crippen LogP contribution in [0.25, 0.3) is 0 Å². The molecule has 0 atom stereocenters. The summed E-state index contributed by atoms with van der Waals surface area (Å²) in [5, 5.41) is 14.0. The van der Waals surface area contributed by atoms with Crippen molar-refractivity contribution in [3.8, 4) is 0 Å². The Bertz CT molecular complexity index is 639. The molecule has 1 aliphatic heterocycles. The molecule has 3 N–H and O–H groups in total. The second-order valence-corrected chi connectivity index (χ2v) is 6.80. The molecule has 2 heterocycles. The van der Waals surface area contributed by atoms with Gasteiger partial charge >= 0.3 is 5.69 Å². The van der Waals surface area contributed by atoms with Crippen LogP contribution < -0.4 is 16.0 Å². The second kappa shape index (κ2) is 7.62. The number of nitrogens with one attached hydrogen (secondary N) is 1. The standard InChI is InChI=1S/C16H24N6O3/c17-14-13(22(24)25)10-18-16(20-14)21-8-6-12(7-9-21)19-15(23)11-4-2-1-3-5-11/h10-12H,1-9H2,(H,19,23)(H2,17,18,20). The molecule has 2 fully saturated rings. The van der Waals surface area contributed by atoms with Crippen molar-refractivity contribution >= 4 is 23.4 Å². The van der Waals surface area contributed by atoms with E-state index in [1.165, 1.54) is 6.42 Å². The van der Waals surface area contributed by atoms with E-state index in [0.717, 1.165) is 44.7 Å². The number of nitrogen functional groups attached to an aromatic ring is 1. The molecular formula is C16H24N6O3. The zero-order valence-electron chi connectivity index (χ0n) is 14.2. The number of anilines is 2. The fourth-order valence-electron chi connectivity index (χ4n) is 3.58. The highest BCUT2D eigenvalue weighted by Gasteiger charge is 2.27. The maximum Gasteiger partial charge on any atom is 0.329 e. The van der Waals surface area contributed by atoms with E-state index in [9.17, 15) is 14.9 Å². The first-order chi connectivity index (χ1) is 12.0. The lowest BCUT2D eigenvalue weighted by molar-refractivity contribution is -0.384. The van der Waals surface area contributed by atoms with Crippen molar-refractivity contribution < 1.29 is 9.72 Å². The topological polar surface area (TPSA) is 127 Å². The van der Waals surface area contributed by atoms with E-state index in [1.54, 1.807) is 0 Å². The van der Waals surface area contributed by atoms with Gasteiger partial charge in [-0.1, -0.05) is 19.3 Å². The van der Waals surface area contributed by atoms with Crippen LogP contribution in [0.2, 0.25) is 0 Å². The fourth-order valence-corrected chi connectivity index (χ4v) is 3.58. The van der Waals surface area contributed by atoms with Crippen LogP contribution in [0.15, 0.2) is 6.20 Å². The SMILES string of the molecule is Nc1nc(N2CCC(NC(=O)C3CCCCC3)CC2)ncc1[N+](=O)[O-]. The minimum Gasteiger partial charge on any atom is -0.378 e. The molecule has 0 bridgehead atoms. The number of nitrogens with zero attached hydrogens (tertiary/aromatic N) is 4. The molecule has 2 aliphatic rings. The number of nitrogens with two attached hydrogens (primary N) is 1. The summed E-state index contributed by atoms with van der Waals surface area (Å²) in [5.41, 5.74) is 5.35. The molecule has 1 saturated heterocycles. The van der Waals surface area contributed by atoms with Gasteiger partial charge in [-0.15, -0.1) is 0 Å². The summed E-state index contributed by atoms with van der Waals surface area (Å²) < 4.78 is 0. The van der Waals surface area contributed by atoms with Crippen molar-refractivity contribution in [3.63, 3.8) is 0 Å². The van der Waals surface area contributed by atoms with Crippen LogP contribution in [-0.2, 0) is 4.79 Å². The predicted octanol–water partition coefficient (Wildman–Crippen LogP) is 1.63. The number of nitro groups is 1. The van der Waals surface area contributed by atoms with Gasteiger partial charge in [-0.2, -0.15) is 4.98 Å². The molecular weight excluding hydrogens is 324 g/mol. The number of rotatable bonds is 4. The lowest BCUT2D eigenvalue weighted by Crippen LogP contribution is -2.47. The molecule has 1 aromatic heterocycles. The van der Waals surface area contributed by atoms with Gasteiger partial charge < -0.3 is 16.0 Å². The van der Waals surface area contributed by atoms with Crippen molar-refractivity contribution in [2.24, 2.45) is 5.92 Å². The Morgan fingerprint density at radius 1 is 1.24 bits per heavy atom. The normalized spacial score (nSPS) is 19.6. The summed E-state index contributed by atoms with van der Waals surface area (Å²) in [6, 6.07) is 0.168. The molecule has 0 unspecified atom stereocenters. The Morgan fingerprint density at radius 3 is 2.52 bits per heavy atom. The third-order valence-corrected chi connectivity index (χ3v) is 5.08. The zero-order valence-corrected chi connectivity index (χ0v) is 14.2. The third kappa shape index (κ3) is 4.15. The maximum absolute atomic E-state index is 12.3. The molecule has 0 radical (unpaired) electrons. The monoisotopic (exact) mass is 348 g/mol. The molecule has 9 nitrogen and oxygen atoms in total. The minimum absolute atomic E-state index is 0.122. The third-order valence-electron chi connectivity index (χ3n) is 5.08. The summed E-state index contributed by atoms with van der Waals surface area (Å²) in [7, 11) is 0. The summed E-state index contributed by atoms with van der Waals surface area (Å²) >= 11 is 0. The first-order valence-electron chi connectivity index (χ1n) is 8.87. The Labute approximate surface area is 146 Å². The van der Waals surface area contributed by atoms with E-state index >= 15 is 0 Å². The van der Waals surface area contributed by atoms with Gasteiger partial charge in [-0.3, -0.25) is 14.9 Å². The van der Waals surface area contributed by atoms with Gasteiger partial charge in [0, 0.05) is 25.0 Å². The molecule has 0 spiro atoms. The molecule has 0 aromatic carbocycles. The highest BCUT2D eigenvalue weighted by Crippen LogP contribution is 2.25. The zero-order chi connectivity index (χ0) is 17.8. The maximum atomic E-state index is 12.3. The van der Waals surface area contributed by atoms with Gasteiger partial charge in [0.2, 0.25) is 17.7 Å². The van der Waals surface area contributed by atoms with Crippen LogP contribution in [0, 0.1) is 16.0 Å². The predicted molar refractivity (Wildman–Crippen MR) is 93.1 cm³/mol. The molecule has 136 valence electrons. The van der Waals surface area contributed by atoms with Crippen molar-refractivity contribution in [1.82, 2.24) is 15.3 Å². The van der Waals surface area contributed by atoms with E-state index in [0.29, 0.717) is 19.0 Å². The molecule has 1 aromatic rings. The first kappa shape index (κ1) is 17.4. The Balaban J connectivity index is 1.52. The summed E-state index contributed by atoms with van der Waals surface area (Å²) in [6.45, 7) is 1.37. The van der Waals surface area contributed by atoms with E-state index in [1.807, 2.05) is 4.90 Å². The van der Waals surface area contributed by atoms with Crippen LogP contribution in [0.4, 0.5) is 17.5 Å². The number of hydrogen-bond acceptors (Lipinski definition) is 7. The van der Waals surface area contributed by atoms with Crippen LogP contribution in [0.3, 0.4) is 0 Å². The number of hydrogen-bond donors (Lipinski definition) is 2. The fraction of sp³-hybridized carbons (Fsp3) is 0.688. The molecule has 1 saturated carbocycles. The second-order valence-electron chi connectivity index (χ2n) is 6.80. The van der Waals surface area contributed by atoms with E-state index < -0.39 is 4.92 Å². The molecule has 1 amide bonds. The molecule has 25 heavy (non-hydrogen) atoms. The van der Waals surface area contributed by atoms with Crippen molar-refractivity contribution in [2.75, 3.05) is 23.7 Å². The largest absolute Gasteiger partial charge is 0.378 e. The number of carbonyl (C=O) groups is 1. The van der Waals surface area contributed by atoms with Crippen LogP contribution in [0.1, 0.15) is 44.9 Å². The summed E-state index contributed by atoms with van der Waals surface area (Å²) in [6.07, 6.45) is 8.29. The van der Waals surface area contributed by atoms with Crippen molar-refractivity contribution in [1.29, 1.82) is 0 Å². The van der Waals surface area contributed by atoms with E-state index in [2.05, 4.69) is 15.3 Å². The average Bonchev–Trinajstić information content (AvgIpc) is 2.62. The van der Waals surface area contributed by atoms with Crippen molar-refractivity contribution in [2.45, 2.75) is 51.0 Å². The lowest BCUT2D eigenvalue weighted by atomic mass is 9.88. The summed E-state index contributed by atoms with van der Waals surface area (Å²) in [4.78, 5) is 32.6. The van der Waals surface area contributed by atoms with Crippen LogP contribution in [0.5, 0.6) is 0 Å². The van der Waals surface area contributed by atoms with Gasteiger partial charge in [0.1, 0.15) is 6.20 Å². The Hall–Kier alpha value is -2.45. The Kier molecular flexibility index (Phi) is 5.30. The highest BCUT2D eigenvalue weighted by molar-refractivity contribution is 5.79. The van der Waals surface area contributed by atoms with Gasteiger partial charge in [0.15, 0.2) is 0 Å².